The second-order valence-corrected chi connectivity index (χ2v) is 7.41. The Labute approximate surface area is 160 Å². The Morgan fingerprint density at radius 3 is 2.64 bits per heavy atom. The Balaban J connectivity index is 1.84. The van der Waals surface area contributed by atoms with E-state index in [9.17, 15) is 18.0 Å². The molecule has 0 aliphatic heterocycles. The summed E-state index contributed by atoms with van der Waals surface area (Å²) in [7, 11) is -3.93. The number of primary sulfonamides is 1. The van der Waals surface area contributed by atoms with Gasteiger partial charge in [0.25, 0.3) is 21.5 Å². The zero-order valence-electron chi connectivity index (χ0n) is 14.8. The minimum absolute atomic E-state index is 0.164. The summed E-state index contributed by atoms with van der Waals surface area (Å²) in [5, 5.41) is 7.36. The van der Waals surface area contributed by atoms with E-state index in [-0.39, 0.29) is 16.1 Å². The molecule has 0 bridgehead atoms. The van der Waals surface area contributed by atoms with E-state index in [4.69, 9.17) is 5.14 Å². The van der Waals surface area contributed by atoms with Crippen molar-refractivity contribution in [3.8, 4) is 11.4 Å². The molecule has 2 heterocycles. The molecule has 1 aromatic carbocycles. The fourth-order valence-corrected chi connectivity index (χ4v) is 2.91. The standard InChI is InChI=1S/C18H17N5O4S/c1-2-13-9-15(24)23-17(21-13)11-4-3-5-14(8-11)22-18(25)12-6-7-16(20-10-12)28(19,26)27/h3-10H,2H2,1H3,(H,22,25)(H2,19,26,27)(H,21,23,24). The van der Waals surface area contributed by atoms with Gasteiger partial charge in [0.2, 0.25) is 0 Å². The first kappa shape index (κ1) is 19.4. The molecule has 2 aromatic heterocycles. The summed E-state index contributed by atoms with van der Waals surface area (Å²) in [5.74, 6) is -0.0750. The summed E-state index contributed by atoms with van der Waals surface area (Å²) >= 11 is 0. The Morgan fingerprint density at radius 1 is 1.21 bits per heavy atom. The highest BCUT2D eigenvalue weighted by Crippen LogP contribution is 2.19. The van der Waals surface area contributed by atoms with Gasteiger partial charge in [-0.25, -0.2) is 23.5 Å². The van der Waals surface area contributed by atoms with Crippen LogP contribution in [-0.4, -0.2) is 29.3 Å². The summed E-state index contributed by atoms with van der Waals surface area (Å²) < 4.78 is 22.5. The number of H-pyrrole nitrogens is 1. The summed E-state index contributed by atoms with van der Waals surface area (Å²) in [6.45, 7) is 1.90. The van der Waals surface area contributed by atoms with Crippen LogP contribution in [0.25, 0.3) is 11.4 Å². The van der Waals surface area contributed by atoms with Gasteiger partial charge < -0.3 is 10.3 Å². The smallest absolute Gasteiger partial charge is 0.257 e. The molecule has 0 saturated carbocycles. The van der Waals surface area contributed by atoms with Crippen LogP contribution >= 0.6 is 0 Å². The Bertz CT molecular complexity index is 1190. The predicted molar refractivity (Wildman–Crippen MR) is 103 cm³/mol. The van der Waals surface area contributed by atoms with Crippen LogP contribution in [0.15, 0.2) is 58.5 Å². The van der Waals surface area contributed by atoms with Crippen LogP contribution in [0.3, 0.4) is 0 Å². The second kappa shape index (κ2) is 7.71. The lowest BCUT2D eigenvalue weighted by atomic mass is 10.1. The summed E-state index contributed by atoms with van der Waals surface area (Å²) in [5.41, 5.74) is 1.68. The second-order valence-electron chi connectivity index (χ2n) is 5.90. The van der Waals surface area contributed by atoms with Crippen LogP contribution in [0, 0.1) is 0 Å². The number of benzene rings is 1. The van der Waals surface area contributed by atoms with E-state index in [1.807, 2.05) is 6.92 Å². The Kier molecular flexibility index (Phi) is 5.34. The quantitative estimate of drug-likeness (QED) is 0.589. The van der Waals surface area contributed by atoms with Crippen LogP contribution in [-0.2, 0) is 16.4 Å². The maximum Gasteiger partial charge on any atom is 0.257 e. The Morgan fingerprint density at radius 2 is 2.00 bits per heavy atom. The molecule has 4 N–H and O–H groups in total. The molecular weight excluding hydrogens is 382 g/mol. The van der Waals surface area contributed by atoms with E-state index in [2.05, 4.69) is 20.3 Å². The minimum atomic E-state index is -3.93. The predicted octanol–water partition coefficient (Wildman–Crippen LogP) is 1.29. The number of hydrogen-bond donors (Lipinski definition) is 3. The third-order valence-electron chi connectivity index (χ3n) is 3.84. The highest BCUT2D eigenvalue weighted by Gasteiger charge is 2.12. The summed E-state index contributed by atoms with van der Waals surface area (Å²) in [6, 6.07) is 10.7. The minimum Gasteiger partial charge on any atom is -0.322 e. The largest absolute Gasteiger partial charge is 0.322 e. The first-order valence-corrected chi connectivity index (χ1v) is 9.82. The zero-order valence-corrected chi connectivity index (χ0v) is 15.7. The van der Waals surface area contributed by atoms with Crippen molar-refractivity contribution in [1.29, 1.82) is 0 Å². The number of sulfonamides is 1. The number of nitrogens with one attached hydrogen (secondary N) is 2. The molecule has 0 spiro atoms. The fourth-order valence-electron chi connectivity index (χ4n) is 2.46. The molecule has 144 valence electrons. The molecular formula is C18H17N5O4S. The Hall–Kier alpha value is -3.37. The van der Waals surface area contributed by atoms with Crippen LogP contribution in [0.4, 0.5) is 5.69 Å². The molecule has 0 aliphatic rings. The zero-order chi connectivity index (χ0) is 20.3. The third kappa shape index (κ3) is 4.48. The van der Waals surface area contributed by atoms with Crippen LogP contribution in [0.2, 0.25) is 0 Å². The number of anilines is 1. The number of amides is 1. The average Bonchev–Trinajstić information content (AvgIpc) is 2.67. The first-order chi connectivity index (χ1) is 13.3. The molecule has 0 fully saturated rings. The topological polar surface area (TPSA) is 148 Å². The SMILES string of the molecule is CCc1cc(=O)[nH]c(-c2cccc(NC(=O)c3ccc(S(N)(=O)=O)nc3)c2)n1. The van der Waals surface area contributed by atoms with Crippen LogP contribution < -0.4 is 16.0 Å². The van der Waals surface area contributed by atoms with E-state index in [1.54, 1.807) is 24.3 Å². The van der Waals surface area contributed by atoms with Gasteiger partial charge in [0, 0.05) is 29.2 Å². The average molecular weight is 399 g/mol. The number of carbonyl (C=O) groups is 1. The van der Waals surface area contributed by atoms with Gasteiger partial charge in [-0.05, 0) is 30.7 Å². The number of aromatic amines is 1. The van der Waals surface area contributed by atoms with Gasteiger partial charge in [-0.2, -0.15) is 0 Å². The van der Waals surface area contributed by atoms with Gasteiger partial charge in [0.1, 0.15) is 5.82 Å². The lowest BCUT2D eigenvalue weighted by molar-refractivity contribution is 0.102. The molecule has 10 heteroatoms. The molecule has 0 aliphatic carbocycles. The number of aromatic nitrogens is 3. The van der Waals surface area contributed by atoms with Gasteiger partial charge in [0.15, 0.2) is 5.03 Å². The number of pyridine rings is 1. The molecule has 0 saturated heterocycles. The number of aryl methyl sites for hydroxylation is 1. The van der Waals surface area contributed by atoms with Crippen molar-refractivity contribution in [3.63, 3.8) is 0 Å². The van der Waals surface area contributed by atoms with Crippen molar-refractivity contribution in [2.24, 2.45) is 5.14 Å². The van der Waals surface area contributed by atoms with E-state index in [0.717, 1.165) is 12.3 Å². The number of hydrogen-bond acceptors (Lipinski definition) is 6. The third-order valence-corrected chi connectivity index (χ3v) is 4.67. The molecule has 0 unspecified atom stereocenters. The maximum atomic E-state index is 12.4. The van der Waals surface area contributed by atoms with E-state index in [0.29, 0.717) is 29.2 Å². The monoisotopic (exact) mass is 399 g/mol. The summed E-state index contributed by atoms with van der Waals surface area (Å²) in [6.07, 6.45) is 1.75. The molecule has 0 atom stereocenters. The van der Waals surface area contributed by atoms with Crippen molar-refractivity contribution in [2.45, 2.75) is 18.4 Å². The van der Waals surface area contributed by atoms with Gasteiger partial charge >= 0.3 is 0 Å². The maximum absolute atomic E-state index is 12.4. The molecule has 1 amide bonds. The molecule has 9 nitrogen and oxygen atoms in total. The number of carbonyl (C=O) groups excluding carboxylic acids is 1. The molecule has 28 heavy (non-hydrogen) atoms. The number of nitrogens with two attached hydrogens (primary N) is 1. The molecule has 3 rings (SSSR count). The van der Waals surface area contributed by atoms with Gasteiger partial charge in [-0.1, -0.05) is 19.1 Å². The van der Waals surface area contributed by atoms with Crippen LogP contribution in [0.5, 0.6) is 0 Å². The van der Waals surface area contributed by atoms with Crippen molar-refractivity contribution >= 4 is 21.6 Å². The normalized spacial score (nSPS) is 11.2. The highest BCUT2D eigenvalue weighted by atomic mass is 32.2. The van der Waals surface area contributed by atoms with Crippen molar-refractivity contribution in [2.75, 3.05) is 5.32 Å². The van der Waals surface area contributed by atoms with Crippen molar-refractivity contribution in [3.05, 3.63) is 70.3 Å². The van der Waals surface area contributed by atoms with Crippen molar-refractivity contribution < 1.29 is 13.2 Å². The lowest BCUT2D eigenvalue weighted by Gasteiger charge is -2.08. The number of nitrogens with zero attached hydrogens (tertiary/aromatic N) is 2. The fraction of sp³-hybridized carbons (Fsp3) is 0.111. The van der Waals surface area contributed by atoms with Crippen molar-refractivity contribution in [1.82, 2.24) is 15.0 Å². The van der Waals surface area contributed by atoms with Gasteiger partial charge in [-0.3, -0.25) is 9.59 Å². The van der Waals surface area contributed by atoms with Gasteiger partial charge in [0.05, 0.1) is 5.56 Å². The molecule has 0 radical (unpaired) electrons. The van der Waals surface area contributed by atoms with E-state index < -0.39 is 15.9 Å². The van der Waals surface area contributed by atoms with E-state index in [1.165, 1.54) is 12.1 Å². The highest BCUT2D eigenvalue weighted by molar-refractivity contribution is 7.89. The molecule has 3 aromatic rings. The summed E-state index contributed by atoms with van der Waals surface area (Å²) in [4.78, 5) is 34.9. The van der Waals surface area contributed by atoms with Gasteiger partial charge in [-0.15, -0.1) is 0 Å². The van der Waals surface area contributed by atoms with Crippen LogP contribution in [0.1, 0.15) is 23.0 Å². The first-order valence-electron chi connectivity index (χ1n) is 8.27. The van der Waals surface area contributed by atoms with E-state index >= 15 is 0 Å². The lowest BCUT2D eigenvalue weighted by Crippen LogP contribution is -2.16. The number of rotatable bonds is 5.